The average Bonchev–Trinajstić information content (AvgIpc) is 2.72. The number of benzene rings is 2. The fourth-order valence-corrected chi connectivity index (χ4v) is 2.65. The van der Waals surface area contributed by atoms with Gasteiger partial charge in [-0.25, -0.2) is 0 Å². The molecule has 2 aromatic carbocycles. The van der Waals surface area contributed by atoms with E-state index in [2.05, 4.69) is 10.4 Å². The number of hydrogen-bond acceptors (Lipinski definition) is 5. The van der Waals surface area contributed by atoms with Crippen molar-refractivity contribution in [3.05, 3.63) is 76.1 Å². The number of anilines is 1. The van der Waals surface area contributed by atoms with Crippen LogP contribution in [0.15, 0.2) is 59.4 Å². The largest absolute Gasteiger partial charge is 0.497 e. The minimum absolute atomic E-state index is 0.181. The van der Waals surface area contributed by atoms with Gasteiger partial charge in [-0.1, -0.05) is 6.07 Å². The third-order valence-electron chi connectivity index (χ3n) is 4.54. The fourth-order valence-electron chi connectivity index (χ4n) is 2.65. The van der Waals surface area contributed by atoms with Gasteiger partial charge in [-0.3, -0.25) is 9.59 Å². The number of aromatic nitrogens is 2. The second-order valence-electron chi connectivity index (χ2n) is 6.67. The van der Waals surface area contributed by atoms with Gasteiger partial charge in [0.05, 0.1) is 12.8 Å². The van der Waals surface area contributed by atoms with Crippen LogP contribution < -0.4 is 20.3 Å². The van der Waals surface area contributed by atoms with Crippen molar-refractivity contribution >= 4 is 11.6 Å². The Kier molecular flexibility index (Phi) is 5.97. The summed E-state index contributed by atoms with van der Waals surface area (Å²) in [6, 6.07) is 15.4. The van der Waals surface area contributed by atoms with Crippen LogP contribution in [0.4, 0.5) is 5.69 Å². The zero-order valence-corrected chi connectivity index (χ0v) is 16.8. The quantitative estimate of drug-likeness (QED) is 0.695. The summed E-state index contributed by atoms with van der Waals surface area (Å²) in [6.45, 7) is 5.58. The number of hydrogen-bond donors (Lipinski definition) is 1. The van der Waals surface area contributed by atoms with E-state index < -0.39 is 6.10 Å². The maximum atomic E-state index is 12.4. The van der Waals surface area contributed by atoms with Gasteiger partial charge in [0.25, 0.3) is 11.5 Å². The molecule has 0 saturated carbocycles. The minimum atomic E-state index is -0.810. The van der Waals surface area contributed by atoms with E-state index in [1.807, 2.05) is 32.0 Å². The van der Waals surface area contributed by atoms with Crippen LogP contribution in [0.3, 0.4) is 0 Å². The highest BCUT2D eigenvalue weighted by atomic mass is 16.5. The Morgan fingerprint density at radius 3 is 2.41 bits per heavy atom. The van der Waals surface area contributed by atoms with E-state index >= 15 is 0 Å². The van der Waals surface area contributed by atoms with Crippen LogP contribution in [0.25, 0.3) is 5.69 Å². The highest BCUT2D eigenvalue weighted by molar-refractivity contribution is 5.94. The molecule has 1 heterocycles. The van der Waals surface area contributed by atoms with Crippen LogP contribution in [0.1, 0.15) is 18.1 Å². The maximum Gasteiger partial charge on any atom is 0.271 e. The van der Waals surface area contributed by atoms with Crippen LogP contribution in [0, 0.1) is 13.8 Å². The van der Waals surface area contributed by atoms with Crippen molar-refractivity contribution in [1.82, 2.24) is 9.78 Å². The molecule has 0 bridgehead atoms. The molecule has 0 aliphatic carbocycles. The van der Waals surface area contributed by atoms with E-state index in [-0.39, 0.29) is 17.3 Å². The zero-order chi connectivity index (χ0) is 21.0. The molecule has 29 heavy (non-hydrogen) atoms. The molecule has 0 radical (unpaired) electrons. The van der Waals surface area contributed by atoms with Crippen molar-refractivity contribution in [1.29, 1.82) is 0 Å². The Labute approximate surface area is 168 Å². The summed E-state index contributed by atoms with van der Waals surface area (Å²) in [4.78, 5) is 24.6. The highest BCUT2D eigenvalue weighted by Crippen LogP contribution is 2.16. The Balaban J connectivity index is 1.74. The lowest BCUT2D eigenvalue weighted by atomic mass is 10.1. The Bertz CT molecular complexity index is 1070. The first kappa shape index (κ1) is 20.1. The SMILES string of the molecule is COc1ccc(NC(=O)[C@@H](C)Oc2ccc(=O)n(-c3ccc(C)c(C)c3)n2)cc1. The van der Waals surface area contributed by atoms with Crippen molar-refractivity contribution in [3.8, 4) is 17.3 Å². The minimum Gasteiger partial charge on any atom is -0.497 e. The molecule has 1 aromatic heterocycles. The molecule has 0 unspecified atom stereocenters. The molecule has 150 valence electrons. The molecular formula is C22H23N3O4. The Hall–Kier alpha value is -3.61. The van der Waals surface area contributed by atoms with Gasteiger partial charge in [-0.05, 0) is 68.3 Å². The molecule has 7 nitrogen and oxygen atoms in total. The van der Waals surface area contributed by atoms with Crippen LogP contribution >= 0.6 is 0 Å². The second-order valence-corrected chi connectivity index (χ2v) is 6.67. The Morgan fingerprint density at radius 1 is 1.03 bits per heavy atom. The molecule has 0 aliphatic heterocycles. The Morgan fingerprint density at radius 2 is 1.76 bits per heavy atom. The summed E-state index contributed by atoms with van der Waals surface area (Å²) < 4.78 is 12.0. The van der Waals surface area contributed by atoms with E-state index in [0.29, 0.717) is 17.1 Å². The van der Waals surface area contributed by atoms with Crippen LogP contribution in [-0.2, 0) is 4.79 Å². The molecule has 3 rings (SSSR count). The molecule has 1 amide bonds. The van der Waals surface area contributed by atoms with Gasteiger partial charge >= 0.3 is 0 Å². The summed E-state index contributed by atoms with van der Waals surface area (Å²) in [5.74, 6) is 0.547. The fraction of sp³-hybridized carbons (Fsp3) is 0.227. The lowest BCUT2D eigenvalue weighted by molar-refractivity contribution is -0.122. The number of aryl methyl sites for hydroxylation is 2. The van der Waals surface area contributed by atoms with E-state index in [1.54, 1.807) is 38.3 Å². The molecule has 0 spiro atoms. The van der Waals surface area contributed by atoms with Gasteiger partial charge < -0.3 is 14.8 Å². The summed E-state index contributed by atoms with van der Waals surface area (Å²) in [7, 11) is 1.58. The number of rotatable bonds is 6. The van der Waals surface area contributed by atoms with Crippen LogP contribution in [-0.4, -0.2) is 28.9 Å². The summed E-state index contributed by atoms with van der Waals surface area (Å²) in [5, 5.41) is 7.02. The van der Waals surface area contributed by atoms with Gasteiger partial charge in [0.1, 0.15) is 5.75 Å². The average molecular weight is 393 g/mol. The number of nitrogens with one attached hydrogen (secondary N) is 1. The monoisotopic (exact) mass is 393 g/mol. The summed E-state index contributed by atoms with van der Waals surface area (Å²) >= 11 is 0. The molecule has 1 N–H and O–H groups in total. The van der Waals surface area contributed by atoms with Crippen LogP contribution in [0.5, 0.6) is 11.6 Å². The highest BCUT2D eigenvalue weighted by Gasteiger charge is 2.16. The zero-order valence-electron chi connectivity index (χ0n) is 16.8. The first-order valence-electron chi connectivity index (χ1n) is 9.17. The van der Waals surface area contributed by atoms with Gasteiger partial charge in [0, 0.05) is 17.8 Å². The molecule has 0 fully saturated rings. The van der Waals surface area contributed by atoms with E-state index in [4.69, 9.17) is 9.47 Å². The van der Waals surface area contributed by atoms with E-state index in [1.165, 1.54) is 16.8 Å². The van der Waals surface area contributed by atoms with Crippen molar-refractivity contribution in [2.24, 2.45) is 0 Å². The predicted octanol–water partition coefficient (Wildman–Crippen LogP) is 3.26. The topological polar surface area (TPSA) is 82.5 Å². The molecule has 0 saturated heterocycles. The first-order chi connectivity index (χ1) is 13.9. The molecule has 3 aromatic rings. The lowest BCUT2D eigenvalue weighted by Gasteiger charge is -2.15. The number of carbonyl (C=O) groups excluding carboxylic acids is 1. The number of nitrogens with zero attached hydrogens (tertiary/aromatic N) is 2. The number of amides is 1. The van der Waals surface area contributed by atoms with Gasteiger partial charge in [-0.2, -0.15) is 4.68 Å². The molecule has 0 aliphatic rings. The third-order valence-corrected chi connectivity index (χ3v) is 4.54. The third kappa shape index (κ3) is 4.82. The summed E-state index contributed by atoms with van der Waals surface area (Å²) in [6.07, 6.45) is -0.810. The molecule has 7 heteroatoms. The van der Waals surface area contributed by atoms with Crippen molar-refractivity contribution < 1.29 is 14.3 Å². The molecule has 1 atom stereocenters. The number of ether oxygens (including phenoxy) is 2. The standard InChI is InChI=1S/C22H23N3O4/c1-14-5-8-18(13-15(14)2)25-21(26)12-11-20(24-25)29-16(3)22(27)23-17-6-9-19(28-4)10-7-17/h5-13,16H,1-4H3,(H,23,27)/t16-/m1/s1. The lowest BCUT2D eigenvalue weighted by Crippen LogP contribution is -2.31. The van der Waals surface area contributed by atoms with Gasteiger partial charge in [0.2, 0.25) is 5.88 Å². The van der Waals surface area contributed by atoms with Crippen molar-refractivity contribution in [2.75, 3.05) is 12.4 Å². The normalized spacial score (nSPS) is 11.6. The van der Waals surface area contributed by atoms with Crippen molar-refractivity contribution in [3.63, 3.8) is 0 Å². The number of carbonyl (C=O) groups is 1. The van der Waals surface area contributed by atoms with Gasteiger partial charge in [-0.15, -0.1) is 5.10 Å². The first-order valence-corrected chi connectivity index (χ1v) is 9.17. The van der Waals surface area contributed by atoms with Gasteiger partial charge in [0.15, 0.2) is 6.10 Å². The maximum absolute atomic E-state index is 12.4. The summed E-state index contributed by atoms with van der Waals surface area (Å²) in [5.41, 5.74) is 3.15. The molecular weight excluding hydrogens is 370 g/mol. The second kappa shape index (κ2) is 8.60. The van der Waals surface area contributed by atoms with E-state index in [0.717, 1.165) is 11.1 Å². The van der Waals surface area contributed by atoms with Crippen LogP contribution in [0.2, 0.25) is 0 Å². The van der Waals surface area contributed by atoms with E-state index in [9.17, 15) is 9.59 Å². The van der Waals surface area contributed by atoms with Crippen molar-refractivity contribution in [2.45, 2.75) is 26.9 Å². The predicted molar refractivity (Wildman–Crippen MR) is 111 cm³/mol. The number of methoxy groups -OCH3 is 1. The smallest absolute Gasteiger partial charge is 0.271 e.